The third kappa shape index (κ3) is 23.0. The van der Waals surface area contributed by atoms with Gasteiger partial charge in [0.25, 0.3) is 0 Å². The van der Waals surface area contributed by atoms with E-state index in [-0.39, 0.29) is 46.9 Å². The Morgan fingerprint density at radius 2 is 1.40 bits per heavy atom. The van der Waals surface area contributed by atoms with E-state index >= 15 is 0 Å². The van der Waals surface area contributed by atoms with Crippen molar-refractivity contribution >= 4 is 0 Å². The number of hydrogen-bond donors (Lipinski definition) is 1. The van der Waals surface area contributed by atoms with Crippen LogP contribution in [0, 0.1) is 46.9 Å². The summed E-state index contributed by atoms with van der Waals surface area (Å²) in [5, 5.41) is 0. The Kier molecular flexibility index (Phi) is 12.5. The molecule has 0 radical (unpaired) electrons. The number of halogens is 1. The van der Waals surface area contributed by atoms with E-state index in [0.29, 0.717) is 0 Å². The van der Waals surface area contributed by atoms with Crippen LogP contribution in [0.2, 0.25) is 0 Å². The van der Waals surface area contributed by atoms with Gasteiger partial charge in [-0.25, -0.2) is 0 Å². The maximum Gasteiger partial charge on any atom is 0.503 e. The van der Waals surface area contributed by atoms with E-state index in [4.69, 9.17) is 10.3 Å². The molecule has 0 amide bonds. The molecule has 0 aromatic rings. The Hall–Kier alpha value is 2.13. The van der Waals surface area contributed by atoms with Gasteiger partial charge in [0.2, 0.25) is 0 Å². The molecule has 0 saturated heterocycles. The second-order valence-electron chi connectivity index (χ2n) is 0.201. The maximum absolute atomic E-state index is 8.68. The van der Waals surface area contributed by atoms with E-state index in [2.05, 4.69) is 0 Å². The third-order valence-electron chi connectivity index (χ3n) is 0. The summed E-state index contributed by atoms with van der Waals surface area (Å²) in [4.78, 5) is 0. The Balaban J connectivity index is 0. The molecular weight excluding hydrogens is 348 g/mol. The zero-order valence-corrected chi connectivity index (χ0v) is 5.78. The van der Waals surface area contributed by atoms with Gasteiger partial charge in [0, 0.05) is 46.9 Å². The quantitative estimate of drug-likeness (QED) is 0.443. The summed E-state index contributed by atoms with van der Waals surface area (Å²) in [6.07, 6.45) is 0. The van der Waals surface area contributed by atoms with E-state index < -0.39 is 21.1 Å². The van der Waals surface area contributed by atoms with Crippen molar-refractivity contribution in [3.8, 4) is 0 Å². The Morgan fingerprint density at radius 3 is 1.40 bits per heavy atom. The van der Waals surface area contributed by atoms with Gasteiger partial charge in [0.15, 0.2) is 0 Å². The fourth-order valence-electron chi connectivity index (χ4n) is 0. The first-order valence-electron chi connectivity index (χ1n) is 0.478. The van der Waals surface area contributed by atoms with E-state index in [9.17, 15) is 0 Å². The van der Waals surface area contributed by atoms with Crippen LogP contribution < -0.4 is 27.9 Å². The second kappa shape index (κ2) is 6.13. The molecule has 0 fully saturated rings. The summed E-state index contributed by atoms with van der Waals surface area (Å²) in [5.41, 5.74) is 0. The van der Waals surface area contributed by atoms with Gasteiger partial charge < -0.3 is 6.87 Å². The summed E-state index contributed by atoms with van der Waals surface area (Å²) in [6, 6.07) is 0. The number of hydrogen-bond acceptors (Lipinski definition) is 3. The Labute approximate surface area is 76.7 Å². The molecule has 0 aliphatic carbocycles. The molecule has 0 bridgehead atoms. The van der Waals surface area contributed by atoms with Crippen LogP contribution in [-0.4, -0.2) is 3.44 Å². The first-order valence-corrected chi connectivity index (χ1v) is 3.20. The molecule has 0 spiro atoms. The summed E-state index contributed by atoms with van der Waals surface area (Å²) in [7, 11) is 0. The van der Waals surface area contributed by atoms with Crippen molar-refractivity contribution in [1.82, 2.24) is 0 Å². The maximum atomic E-state index is 8.68. The molecule has 5 heteroatoms. The monoisotopic (exact) mass is 350 g/mol. The standard InChI is InChI=1S/HIO3.Yb/c2-1(3)4;/h2H;. The van der Waals surface area contributed by atoms with Crippen molar-refractivity contribution in [3.05, 3.63) is 0 Å². The molecular formula is HIO3Yb. The molecule has 3 nitrogen and oxygen atoms in total. The number of rotatable bonds is 0. The van der Waals surface area contributed by atoms with Crippen molar-refractivity contribution in [1.29, 1.82) is 0 Å². The zero-order valence-electron chi connectivity index (χ0n) is 1.91. The minimum absolute atomic E-state index is 0. The minimum atomic E-state index is -3.76. The van der Waals surface area contributed by atoms with E-state index in [1.54, 1.807) is 0 Å². The molecule has 0 aromatic heterocycles. The predicted octanol–water partition coefficient (Wildman–Crippen LogP) is -5.93. The summed E-state index contributed by atoms with van der Waals surface area (Å²) >= 11 is -3.76. The van der Waals surface area contributed by atoms with Crippen LogP contribution in [0.3, 0.4) is 0 Å². The van der Waals surface area contributed by atoms with Crippen LogP contribution in [0.25, 0.3) is 0 Å². The van der Waals surface area contributed by atoms with Crippen LogP contribution in [0.15, 0.2) is 0 Å². The molecule has 0 aliphatic heterocycles. The molecule has 5 heavy (non-hydrogen) atoms. The van der Waals surface area contributed by atoms with Crippen molar-refractivity contribution in [3.63, 3.8) is 0 Å². The van der Waals surface area contributed by atoms with E-state index in [1.807, 2.05) is 0 Å². The fraction of sp³-hybridized carbons (Fsp3) is 0. The van der Waals surface area contributed by atoms with Gasteiger partial charge in [-0.05, 0) is 3.44 Å². The average Bonchev–Trinajstić information content (AvgIpc) is 0.811. The van der Waals surface area contributed by atoms with Gasteiger partial charge in [-0.15, -0.1) is 0 Å². The van der Waals surface area contributed by atoms with Gasteiger partial charge in [-0.2, -0.15) is 0 Å². The summed E-state index contributed by atoms with van der Waals surface area (Å²) < 4.78 is 24.5. The average molecular weight is 349 g/mol. The topological polar surface area (TPSA) is 66.3 Å². The molecule has 0 heterocycles. The van der Waals surface area contributed by atoms with Gasteiger partial charge in [0.05, 0.1) is 0 Å². The van der Waals surface area contributed by atoms with Crippen LogP contribution in [-0.2, 0) is 0 Å². The van der Waals surface area contributed by atoms with Crippen LogP contribution in [0.1, 0.15) is 0 Å². The molecule has 0 atom stereocenters. The second-order valence-corrected chi connectivity index (χ2v) is 1.35. The van der Waals surface area contributed by atoms with Gasteiger partial charge in [-0.3, -0.25) is 0 Å². The predicted molar refractivity (Wildman–Crippen MR) is 2.22 cm³/mol. The summed E-state index contributed by atoms with van der Waals surface area (Å²) in [5.74, 6) is 0. The molecule has 0 unspecified atom stereocenters. The van der Waals surface area contributed by atoms with Crippen molar-refractivity contribution in [2.45, 2.75) is 0 Å². The van der Waals surface area contributed by atoms with Crippen LogP contribution >= 0.6 is 0 Å². The molecule has 1 N–H and O–H groups in total. The SMILES string of the molecule is [O-][I+2]([O-])O.[Yb]. The van der Waals surface area contributed by atoms with E-state index in [1.165, 1.54) is 0 Å². The zero-order chi connectivity index (χ0) is 3.58. The van der Waals surface area contributed by atoms with Gasteiger partial charge >= 0.3 is 21.1 Å². The van der Waals surface area contributed by atoms with Crippen molar-refractivity contribution in [2.75, 3.05) is 0 Å². The molecule has 0 saturated carbocycles. The Bertz CT molecular complexity index is 11.6. The van der Waals surface area contributed by atoms with Crippen molar-refractivity contribution < 1.29 is 78.3 Å². The molecule has 40 valence electrons. The summed E-state index contributed by atoms with van der Waals surface area (Å²) in [6.45, 7) is 0. The molecule has 0 aliphatic rings. The largest absolute Gasteiger partial charge is 0.503 e. The first-order chi connectivity index (χ1) is 1.73. The first kappa shape index (κ1) is 10.2. The molecule has 0 rings (SSSR count). The molecule has 0 aromatic carbocycles. The fourth-order valence-corrected chi connectivity index (χ4v) is 0. The Morgan fingerprint density at radius 1 is 1.40 bits per heavy atom. The van der Waals surface area contributed by atoms with Gasteiger partial charge in [-0.1, -0.05) is 0 Å². The van der Waals surface area contributed by atoms with E-state index in [0.717, 1.165) is 0 Å². The normalized spacial score (nSPS) is 7.20. The van der Waals surface area contributed by atoms with Gasteiger partial charge in [0.1, 0.15) is 0 Å². The van der Waals surface area contributed by atoms with Crippen LogP contribution in [0.5, 0.6) is 0 Å². The third-order valence-corrected chi connectivity index (χ3v) is 0. The van der Waals surface area contributed by atoms with Crippen molar-refractivity contribution in [2.24, 2.45) is 0 Å². The minimum Gasteiger partial charge on any atom is -0.396 e. The smallest absolute Gasteiger partial charge is 0.396 e. The van der Waals surface area contributed by atoms with Crippen LogP contribution in [0.4, 0.5) is 0 Å².